The molecule has 0 radical (unpaired) electrons. The number of aliphatic hydroxyl groups is 3. The molecule has 7 fully saturated rings. The third kappa shape index (κ3) is 5.98. The van der Waals surface area contributed by atoms with E-state index in [2.05, 4.69) is 52.0 Å². The first kappa shape index (κ1) is 42.2. The van der Waals surface area contributed by atoms with Crippen LogP contribution in [0.15, 0.2) is 24.3 Å². The molecule has 2 bridgehead atoms. The largest absolute Gasteiger partial charge is 0.481 e. The number of carboxylic acids is 1. The molecule has 8 rings (SSSR count). The van der Waals surface area contributed by atoms with Gasteiger partial charge in [-0.2, -0.15) is 0 Å². The molecule has 0 amide bonds. The quantitative estimate of drug-likeness (QED) is 0.147. The first-order valence-corrected chi connectivity index (χ1v) is 23.5. The number of benzene rings is 1. The smallest absolute Gasteiger partial charge is 0.309 e. The molecule has 0 aromatic heterocycles. The Morgan fingerprint density at radius 3 is 2.21 bits per heavy atom. The van der Waals surface area contributed by atoms with Crippen molar-refractivity contribution < 1.29 is 34.7 Å². The van der Waals surface area contributed by atoms with E-state index in [4.69, 9.17) is 9.47 Å². The highest BCUT2D eigenvalue weighted by Crippen LogP contribution is 2.84. The maximum Gasteiger partial charge on any atom is 0.309 e. The molecule has 1 heterocycles. The zero-order valence-electron chi connectivity index (χ0n) is 36.6. The lowest BCUT2D eigenvalue weighted by atomic mass is 9.25. The number of aliphatic carboxylic acids is 1. The number of aliphatic hydroxyl groups excluding tert-OH is 2. The van der Waals surface area contributed by atoms with Crippen molar-refractivity contribution in [3.05, 3.63) is 35.4 Å². The van der Waals surface area contributed by atoms with Crippen molar-refractivity contribution in [3.63, 3.8) is 0 Å². The Bertz CT molecular complexity index is 1620. The summed E-state index contributed by atoms with van der Waals surface area (Å²) in [5.74, 6) is -0.826. The van der Waals surface area contributed by atoms with Crippen LogP contribution in [-0.4, -0.2) is 64.7 Å². The van der Waals surface area contributed by atoms with Crippen molar-refractivity contribution in [3.8, 4) is 0 Å². The van der Waals surface area contributed by atoms with Gasteiger partial charge in [0.1, 0.15) is 0 Å². The lowest BCUT2D eigenvalue weighted by molar-refractivity contribution is -0.336. The van der Waals surface area contributed by atoms with Gasteiger partial charge >= 0.3 is 5.97 Å². The Labute approximate surface area is 344 Å². The van der Waals surface area contributed by atoms with Crippen molar-refractivity contribution in [2.45, 2.75) is 187 Å². The number of rotatable bonds is 13. The number of methoxy groups -OCH3 is 1. The van der Waals surface area contributed by atoms with Crippen molar-refractivity contribution in [1.82, 2.24) is 0 Å². The lowest BCUT2D eigenvalue weighted by Gasteiger charge is -2.78. The number of fused-ring (bicyclic) bond motifs is 7. The molecular weight excluding hydrogens is 713 g/mol. The highest BCUT2D eigenvalue weighted by molar-refractivity contribution is 5.74. The van der Waals surface area contributed by atoms with E-state index >= 15 is 0 Å². The summed E-state index contributed by atoms with van der Waals surface area (Å²) in [6.45, 7) is 12.3. The maximum absolute atomic E-state index is 13.0. The number of hydrogen-bond donors (Lipinski definition) is 4. The molecule has 7 heteroatoms. The molecule has 1 aliphatic heterocycles. The molecule has 1 saturated heterocycles. The second-order valence-corrected chi connectivity index (χ2v) is 22.4. The topological polar surface area (TPSA) is 116 Å². The van der Waals surface area contributed by atoms with E-state index in [-0.39, 0.29) is 47.2 Å². The van der Waals surface area contributed by atoms with E-state index < -0.39 is 39.5 Å². The van der Waals surface area contributed by atoms with Gasteiger partial charge in [0.05, 0.1) is 30.8 Å². The zero-order chi connectivity index (χ0) is 40.7. The molecule has 6 saturated carbocycles. The Morgan fingerprint density at radius 2 is 1.53 bits per heavy atom. The SMILES string of the molecule is COCCc1ccc(CC2OC3(O)CC(O)C4(CO)C5(C)CCC6(CCCCCC7CCCC7)C7CC(C)(C(=O)O)CCC7(C)CCC6(C)C5CCC24C3C)cc1. The fraction of sp³-hybridized carbons (Fsp3) is 0.860. The molecule has 1 aromatic carbocycles. The predicted molar refractivity (Wildman–Crippen MR) is 223 cm³/mol. The summed E-state index contributed by atoms with van der Waals surface area (Å²) in [6, 6.07) is 8.71. The fourth-order valence-electron chi connectivity index (χ4n) is 17.2. The monoisotopic (exact) mass is 791 g/mol. The number of ether oxygens (including phenoxy) is 2. The van der Waals surface area contributed by atoms with Gasteiger partial charge in [-0.1, -0.05) is 103 Å². The Morgan fingerprint density at radius 1 is 0.842 bits per heavy atom. The molecule has 13 unspecified atom stereocenters. The second kappa shape index (κ2) is 14.8. The second-order valence-electron chi connectivity index (χ2n) is 22.4. The molecular formula is C50H78O7. The van der Waals surface area contributed by atoms with Gasteiger partial charge in [0.15, 0.2) is 5.79 Å². The summed E-state index contributed by atoms with van der Waals surface area (Å²) >= 11 is 0. The average molecular weight is 791 g/mol. The summed E-state index contributed by atoms with van der Waals surface area (Å²) < 4.78 is 12.2. The first-order valence-electron chi connectivity index (χ1n) is 23.5. The van der Waals surface area contributed by atoms with Gasteiger partial charge in [-0.25, -0.2) is 0 Å². The standard InChI is InChI=1S/C50H78O7/c1-34-48-22-19-38-45(4)26-25-43(2)23-24-44(3,42(53)54)31-39(43)47(45,21-11-7-8-12-35-13-9-10-14-35)28-27-46(38,5)49(48,33-51)40(52)32-50(34,55)57-41(48)30-37-17-15-36(16-18-37)20-29-56-6/h15-18,34-35,38-41,51-52,55H,7-14,19-33H2,1-6H3,(H,53,54). The molecule has 6 aliphatic carbocycles. The van der Waals surface area contributed by atoms with Gasteiger partial charge in [0.25, 0.3) is 0 Å². The van der Waals surface area contributed by atoms with Crippen molar-refractivity contribution >= 4 is 5.97 Å². The van der Waals surface area contributed by atoms with E-state index in [0.717, 1.165) is 82.1 Å². The summed E-state index contributed by atoms with van der Waals surface area (Å²) in [4.78, 5) is 13.0. The summed E-state index contributed by atoms with van der Waals surface area (Å²) in [6.07, 6.45) is 20.6. The van der Waals surface area contributed by atoms with E-state index in [1.807, 2.05) is 6.92 Å². The van der Waals surface area contributed by atoms with Crippen LogP contribution in [0.25, 0.3) is 0 Å². The van der Waals surface area contributed by atoms with Crippen LogP contribution in [0.3, 0.4) is 0 Å². The van der Waals surface area contributed by atoms with Crippen molar-refractivity contribution in [1.29, 1.82) is 0 Å². The van der Waals surface area contributed by atoms with Gasteiger partial charge in [0, 0.05) is 30.3 Å². The van der Waals surface area contributed by atoms with Crippen LogP contribution in [-0.2, 0) is 27.1 Å². The van der Waals surface area contributed by atoms with Gasteiger partial charge < -0.3 is 29.9 Å². The van der Waals surface area contributed by atoms with Gasteiger partial charge in [-0.15, -0.1) is 0 Å². The van der Waals surface area contributed by atoms with E-state index in [1.54, 1.807) is 7.11 Å². The Balaban J connectivity index is 1.17. The Hall–Kier alpha value is -1.51. The minimum absolute atomic E-state index is 0.00206. The molecule has 1 aromatic rings. The highest BCUT2D eigenvalue weighted by Gasteiger charge is 2.83. The first-order chi connectivity index (χ1) is 27.0. The van der Waals surface area contributed by atoms with Crippen LogP contribution in [0, 0.1) is 61.6 Å². The van der Waals surface area contributed by atoms with Crippen LogP contribution >= 0.6 is 0 Å². The molecule has 1 spiro atoms. The summed E-state index contributed by atoms with van der Waals surface area (Å²) in [7, 11) is 1.73. The third-order valence-electron chi connectivity index (χ3n) is 20.5. The van der Waals surface area contributed by atoms with Crippen LogP contribution in [0.4, 0.5) is 0 Å². The van der Waals surface area contributed by atoms with Crippen LogP contribution < -0.4 is 0 Å². The highest BCUT2D eigenvalue weighted by atomic mass is 16.6. The third-order valence-corrected chi connectivity index (χ3v) is 20.5. The van der Waals surface area contributed by atoms with Gasteiger partial charge in [-0.3, -0.25) is 4.79 Å². The summed E-state index contributed by atoms with van der Waals surface area (Å²) in [5, 5.41) is 47.9. The Kier molecular flexibility index (Phi) is 11.0. The van der Waals surface area contributed by atoms with E-state index in [0.29, 0.717) is 18.9 Å². The number of unbranched alkanes of at least 4 members (excludes halogenated alkanes) is 2. The normalized spacial score (nSPS) is 47.8. The molecule has 4 N–H and O–H groups in total. The molecule has 13 atom stereocenters. The zero-order valence-corrected chi connectivity index (χ0v) is 36.6. The van der Waals surface area contributed by atoms with E-state index in [9.17, 15) is 25.2 Å². The maximum atomic E-state index is 13.0. The van der Waals surface area contributed by atoms with Crippen molar-refractivity contribution in [2.75, 3.05) is 20.3 Å². The summed E-state index contributed by atoms with van der Waals surface area (Å²) in [5.41, 5.74) is -0.147. The van der Waals surface area contributed by atoms with Crippen LogP contribution in [0.2, 0.25) is 0 Å². The van der Waals surface area contributed by atoms with Gasteiger partial charge in [0.2, 0.25) is 0 Å². The molecule has 7 aliphatic rings. The molecule has 7 nitrogen and oxygen atoms in total. The minimum atomic E-state index is -1.44. The van der Waals surface area contributed by atoms with Crippen molar-refractivity contribution in [2.24, 2.45) is 61.6 Å². The van der Waals surface area contributed by atoms with Crippen LogP contribution in [0.1, 0.15) is 168 Å². The molecule has 57 heavy (non-hydrogen) atoms. The lowest BCUT2D eigenvalue weighted by Crippen LogP contribution is -2.77. The van der Waals surface area contributed by atoms with Gasteiger partial charge in [-0.05, 0) is 135 Å². The minimum Gasteiger partial charge on any atom is -0.481 e. The molecule has 320 valence electrons. The van der Waals surface area contributed by atoms with E-state index in [1.165, 1.54) is 56.9 Å². The number of carboxylic acid groups (broad SMARTS) is 1. The number of hydrogen-bond acceptors (Lipinski definition) is 6. The predicted octanol–water partition coefficient (Wildman–Crippen LogP) is 9.91. The fourth-order valence-corrected chi connectivity index (χ4v) is 17.2. The number of carbonyl (C=O) groups is 1. The average Bonchev–Trinajstić information content (AvgIpc) is 3.75. The van der Waals surface area contributed by atoms with Crippen LogP contribution in [0.5, 0.6) is 0 Å².